The number of anilines is 2. The molecule has 1 unspecified atom stereocenters. The number of nitro benzene ring substituents is 1. The summed E-state index contributed by atoms with van der Waals surface area (Å²) in [6.07, 6.45) is 6.19. The van der Waals surface area contributed by atoms with Crippen LogP contribution < -0.4 is 30.7 Å². The molecule has 3 aliphatic rings. The van der Waals surface area contributed by atoms with Gasteiger partial charge in [0.15, 0.2) is 5.66 Å². The van der Waals surface area contributed by atoms with E-state index in [-0.39, 0.29) is 5.69 Å². The van der Waals surface area contributed by atoms with Crippen molar-refractivity contribution in [2.75, 3.05) is 57.2 Å². The zero-order chi connectivity index (χ0) is 26.0. The highest BCUT2D eigenvalue weighted by atomic mass is 16.6. The second kappa shape index (κ2) is 10.3. The Labute approximate surface area is 216 Å². The third-order valence-electron chi connectivity index (χ3n) is 7.07. The maximum atomic E-state index is 11.2. The Bertz CT molecular complexity index is 1220. The van der Waals surface area contributed by atoms with Crippen LogP contribution in [-0.4, -0.2) is 62.7 Å². The van der Waals surface area contributed by atoms with Crippen LogP contribution in [0.2, 0.25) is 0 Å². The van der Waals surface area contributed by atoms with E-state index in [2.05, 4.69) is 31.5 Å². The molecule has 196 valence electrons. The van der Waals surface area contributed by atoms with Gasteiger partial charge in [0.2, 0.25) is 5.96 Å². The molecular weight excluding hydrogens is 474 g/mol. The first-order valence-electron chi connectivity index (χ1n) is 12.5. The molecule has 0 spiro atoms. The second-order valence-corrected chi connectivity index (χ2v) is 9.65. The first kappa shape index (κ1) is 24.8. The summed E-state index contributed by atoms with van der Waals surface area (Å²) >= 11 is 0. The molecule has 0 radical (unpaired) electrons. The van der Waals surface area contributed by atoms with Crippen molar-refractivity contribution in [2.45, 2.75) is 18.5 Å². The van der Waals surface area contributed by atoms with Crippen molar-refractivity contribution in [3.8, 4) is 11.5 Å². The van der Waals surface area contributed by atoms with Gasteiger partial charge in [-0.05, 0) is 43.0 Å². The minimum atomic E-state index is -1.21. The molecule has 2 fully saturated rings. The summed E-state index contributed by atoms with van der Waals surface area (Å²) in [6.45, 7) is 5.31. The van der Waals surface area contributed by atoms with Crippen LogP contribution in [0, 0.1) is 16.0 Å². The van der Waals surface area contributed by atoms with Crippen LogP contribution in [0.15, 0.2) is 53.7 Å². The Balaban J connectivity index is 1.35. The monoisotopic (exact) mass is 507 g/mol. The number of hydrogen-bond acceptors (Lipinski definition) is 10. The molecule has 37 heavy (non-hydrogen) atoms. The van der Waals surface area contributed by atoms with Crippen molar-refractivity contribution in [2.24, 2.45) is 16.6 Å². The van der Waals surface area contributed by atoms with Gasteiger partial charge in [0.05, 0.1) is 24.8 Å². The van der Waals surface area contributed by atoms with E-state index in [1.807, 2.05) is 12.1 Å². The summed E-state index contributed by atoms with van der Waals surface area (Å²) in [6, 6.07) is 10.3. The topological polar surface area (TPSA) is 131 Å². The van der Waals surface area contributed by atoms with Crippen LogP contribution in [0.4, 0.5) is 17.1 Å². The fourth-order valence-corrected chi connectivity index (χ4v) is 4.81. The molecule has 11 nitrogen and oxygen atoms in total. The lowest BCUT2D eigenvalue weighted by atomic mass is 9.98. The predicted molar refractivity (Wildman–Crippen MR) is 143 cm³/mol. The van der Waals surface area contributed by atoms with Gasteiger partial charge in [-0.25, -0.2) is 4.99 Å². The van der Waals surface area contributed by atoms with E-state index in [0.29, 0.717) is 28.7 Å². The minimum absolute atomic E-state index is 0.0695. The number of aliphatic imine (C=N–C) groups is 1. The molecule has 1 saturated carbocycles. The molecule has 4 N–H and O–H groups in total. The fraction of sp³-hybridized carbons (Fsp3) is 0.423. The molecular formula is C26H33N7O4. The smallest absolute Gasteiger partial charge is 0.271 e. The van der Waals surface area contributed by atoms with E-state index in [1.165, 1.54) is 44.7 Å². The molecule has 2 aromatic rings. The number of nitro groups is 1. The number of guanidine groups is 1. The number of hydrogen-bond donors (Lipinski definition) is 3. The Morgan fingerprint density at radius 2 is 1.89 bits per heavy atom. The van der Waals surface area contributed by atoms with Crippen molar-refractivity contribution in [3.63, 3.8) is 0 Å². The minimum Gasteiger partial charge on any atom is -0.496 e. The zero-order valence-corrected chi connectivity index (χ0v) is 21.1. The highest BCUT2D eigenvalue weighted by Crippen LogP contribution is 2.36. The van der Waals surface area contributed by atoms with Gasteiger partial charge in [0.1, 0.15) is 11.5 Å². The molecule has 0 amide bonds. The quantitative estimate of drug-likeness (QED) is 0.365. The standard InChI is InChI=1S/C26H33N7O4/c1-36-23-8-6-20(33(34)35)15-22(23)29-25-28-10-9-26(27,30-25)21-7-5-19(16-24(21)37-2)32-13-11-31(12-14-32)17-18-3-4-18/h5-10,15-16,18H,3-4,11-14,17,27H2,1-2H3,(H2,28,29,30). The lowest BCUT2D eigenvalue weighted by Crippen LogP contribution is -2.47. The van der Waals surface area contributed by atoms with Crippen molar-refractivity contribution in [1.29, 1.82) is 0 Å². The summed E-state index contributed by atoms with van der Waals surface area (Å²) in [4.78, 5) is 20.4. The molecule has 2 heterocycles. The Hall–Kier alpha value is -3.83. The van der Waals surface area contributed by atoms with Crippen LogP contribution in [0.1, 0.15) is 18.4 Å². The average Bonchev–Trinajstić information content (AvgIpc) is 3.73. The van der Waals surface area contributed by atoms with E-state index >= 15 is 0 Å². The fourth-order valence-electron chi connectivity index (χ4n) is 4.81. The average molecular weight is 508 g/mol. The Kier molecular flexibility index (Phi) is 6.90. The molecule has 1 saturated heterocycles. The number of methoxy groups -OCH3 is 2. The van der Waals surface area contributed by atoms with E-state index < -0.39 is 10.6 Å². The van der Waals surface area contributed by atoms with Gasteiger partial charge in [-0.15, -0.1) is 0 Å². The van der Waals surface area contributed by atoms with Gasteiger partial charge < -0.3 is 25.0 Å². The molecule has 5 rings (SSSR count). The van der Waals surface area contributed by atoms with Gasteiger partial charge in [0.25, 0.3) is 5.69 Å². The lowest BCUT2D eigenvalue weighted by molar-refractivity contribution is -0.384. The van der Waals surface area contributed by atoms with E-state index in [1.54, 1.807) is 19.4 Å². The van der Waals surface area contributed by atoms with Crippen LogP contribution in [0.3, 0.4) is 0 Å². The third kappa shape index (κ3) is 5.47. The summed E-state index contributed by atoms with van der Waals surface area (Å²) in [5, 5.41) is 17.3. The van der Waals surface area contributed by atoms with Gasteiger partial charge >= 0.3 is 0 Å². The van der Waals surface area contributed by atoms with Crippen molar-refractivity contribution in [1.82, 2.24) is 10.2 Å². The van der Waals surface area contributed by atoms with Crippen LogP contribution in [0.25, 0.3) is 0 Å². The molecule has 2 aromatic carbocycles. The van der Waals surface area contributed by atoms with Crippen molar-refractivity contribution >= 4 is 23.0 Å². The maximum Gasteiger partial charge on any atom is 0.271 e. The molecule has 1 atom stereocenters. The number of nitrogens with one attached hydrogen (secondary N) is 2. The number of nitrogens with zero attached hydrogens (tertiary/aromatic N) is 4. The van der Waals surface area contributed by atoms with E-state index in [0.717, 1.165) is 37.8 Å². The number of piperazine rings is 1. The second-order valence-electron chi connectivity index (χ2n) is 9.65. The Morgan fingerprint density at radius 3 is 2.57 bits per heavy atom. The number of benzene rings is 2. The van der Waals surface area contributed by atoms with Crippen LogP contribution >= 0.6 is 0 Å². The van der Waals surface area contributed by atoms with Crippen molar-refractivity contribution < 1.29 is 14.4 Å². The largest absolute Gasteiger partial charge is 0.496 e. The summed E-state index contributed by atoms with van der Waals surface area (Å²) in [7, 11) is 3.12. The van der Waals surface area contributed by atoms with Crippen LogP contribution in [-0.2, 0) is 5.66 Å². The first-order valence-corrected chi connectivity index (χ1v) is 12.5. The molecule has 1 aliphatic carbocycles. The van der Waals surface area contributed by atoms with Gasteiger partial charge in [-0.1, -0.05) is 0 Å². The Morgan fingerprint density at radius 1 is 1.14 bits per heavy atom. The van der Waals surface area contributed by atoms with Gasteiger partial charge in [-0.2, -0.15) is 0 Å². The normalized spacial score (nSPS) is 21.7. The highest BCUT2D eigenvalue weighted by Gasteiger charge is 2.32. The summed E-state index contributed by atoms with van der Waals surface area (Å²) in [5.41, 5.74) is 7.66. The third-order valence-corrected chi connectivity index (χ3v) is 7.07. The van der Waals surface area contributed by atoms with Gasteiger partial charge in [0, 0.05) is 68.4 Å². The predicted octanol–water partition coefficient (Wildman–Crippen LogP) is 2.84. The summed E-state index contributed by atoms with van der Waals surface area (Å²) < 4.78 is 11.1. The highest BCUT2D eigenvalue weighted by molar-refractivity contribution is 5.97. The zero-order valence-electron chi connectivity index (χ0n) is 21.1. The summed E-state index contributed by atoms with van der Waals surface area (Å²) in [5.74, 6) is 2.30. The van der Waals surface area contributed by atoms with E-state index in [9.17, 15) is 10.1 Å². The van der Waals surface area contributed by atoms with Crippen molar-refractivity contribution in [3.05, 3.63) is 64.4 Å². The van der Waals surface area contributed by atoms with Gasteiger partial charge in [-0.3, -0.25) is 20.7 Å². The number of nitrogens with two attached hydrogens (primary N) is 1. The molecule has 2 aliphatic heterocycles. The lowest BCUT2D eigenvalue weighted by Gasteiger charge is -2.36. The molecule has 0 bridgehead atoms. The number of non-ortho nitro benzene ring substituents is 1. The SMILES string of the molecule is COc1ccc([N+](=O)[O-])cc1NC1=NC(N)(c2ccc(N3CCN(CC4CC4)CC3)cc2OC)C=CN1. The first-order chi connectivity index (χ1) is 17.9. The van der Waals surface area contributed by atoms with E-state index in [4.69, 9.17) is 15.2 Å². The number of ether oxygens (including phenoxy) is 2. The maximum absolute atomic E-state index is 11.2. The number of rotatable bonds is 8. The molecule has 11 heteroatoms. The molecule has 0 aromatic heterocycles. The van der Waals surface area contributed by atoms with Crippen LogP contribution in [0.5, 0.6) is 11.5 Å².